The van der Waals surface area contributed by atoms with E-state index in [-0.39, 0.29) is 18.2 Å². The third-order valence-electron chi connectivity index (χ3n) is 4.88. The van der Waals surface area contributed by atoms with Crippen molar-refractivity contribution in [1.82, 2.24) is 10.2 Å². The van der Waals surface area contributed by atoms with Crippen molar-refractivity contribution in [2.45, 2.75) is 58.4 Å². The molecular formula is C20H29N3O2. The fourth-order valence-electron chi connectivity index (χ4n) is 3.60. The Morgan fingerprint density at radius 1 is 1.32 bits per heavy atom. The lowest BCUT2D eigenvalue weighted by atomic mass is 9.86. The zero-order valence-electron chi connectivity index (χ0n) is 15.3. The average Bonchev–Trinajstić information content (AvgIpc) is 2.61. The number of hydrogen-bond donors (Lipinski definition) is 1. The summed E-state index contributed by atoms with van der Waals surface area (Å²) in [6.07, 6.45) is 11.4. The van der Waals surface area contributed by atoms with E-state index in [1.54, 1.807) is 0 Å². The summed E-state index contributed by atoms with van der Waals surface area (Å²) >= 11 is 0. The normalized spacial score (nSPS) is 19.3. The Bertz CT molecular complexity index is 578. The van der Waals surface area contributed by atoms with E-state index in [0.29, 0.717) is 18.3 Å². The van der Waals surface area contributed by atoms with E-state index in [0.717, 1.165) is 38.8 Å². The van der Waals surface area contributed by atoms with E-state index in [2.05, 4.69) is 23.5 Å². The molecule has 5 nitrogen and oxygen atoms in total. The predicted octanol–water partition coefficient (Wildman–Crippen LogP) is 2.95. The van der Waals surface area contributed by atoms with E-state index in [9.17, 15) is 9.59 Å². The molecule has 2 amide bonds. The van der Waals surface area contributed by atoms with Crippen LogP contribution in [0.25, 0.3) is 0 Å². The summed E-state index contributed by atoms with van der Waals surface area (Å²) < 4.78 is 0. The first kappa shape index (κ1) is 19.2. The molecule has 1 atom stereocenters. The van der Waals surface area contributed by atoms with Crippen molar-refractivity contribution in [2.75, 3.05) is 13.1 Å². The molecule has 1 aliphatic carbocycles. The number of nitrogens with one attached hydrogen (secondary N) is 1. The van der Waals surface area contributed by atoms with Crippen LogP contribution in [0.15, 0.2) is 23.8 Å². The lowest BCUT2D eigenvalue weighted by Gasteiger charge is -2.35. The van der Waals surface area contributed by atoms with Crippen molar-refractivity contribution >= 4 is 11.8 Å². The molecule has 0 aromatic heterocycles. The third kappa shape index (κ3) is 5.74. The molecule has 0 radical (unpaired) electrons. The highest BCUT2D eigenvalue weighted by molar-refractivity contribution is 5.88. The van der Waals surface area contributed by atoms with Crippen LogP contribution < -0.4 is 5.32 Å². The zero-order valence-corrected chi connectivity index (χ0v) is 15.3. The number of carbonyl (C=O) groups is 2. The minimum atomic E-state index is -0.522. The van der Waals surface area contributed by atoms with E-state index in [1.165, 1.54) is 5.57 Å². The number of nitrogens with zero attached hydrogens (tertiary/aromatic N) is 2. The Morgan fingerprint density at radius 3 is 2.60 bits per heavy atom. The van der Waals surface area contributed by atoms with Gasteiger partial charge in [-0.3, -0.25) is 9.59 Å². The van der Waals surface area contributed by atoms with Crippen LogP contribution in [0.3, 0.4) is 0 Å². The van der Waals surface area contributed by atoms with Crippen molar-refractivity contribution in [2.24, 2.45) is 11.8 Å². The SMILES string of the molecule is CC(C)CC(NC(=O)CC#N)C(=O)N1CCC(C2=CCCC=C2)CC1. The van der Waals surface area contributed by atoms with Gasteiger partial charge in [0.2, 0.25) is 11.8 Å². The van der Waals surface area contributed by atoms with Crippen LogP contribution in [0.4, 0.5) is 0 Å². The molecule has 25 heavy (non-hydrogen) atoms. The highest BCUT2D eigenvalue weighted by Crippen LogP contribution is 2.28. The number of allylic oxidation sites excluding steroid dienone is 4. The van der Waals surface area contributed by atoms with Crippen molar-refractivity contribution in [3.63, 3.8) is 0 Å². The van der Waals surface area contributed by atoms with Crippen LogP contribution in [-0.4, -0.2) is 35.8 Å². The van der Waals surface area contributed by atoms with Crippen LogP contribution in [0.2, 0.25) is 0 Å². The van der Waals surface area contributed by atoms with E-state index in [1.807, 2.05) is 24.8 Å². The number of likely N-dealkylation sites (tertiary alicyclic amines) is 1. The van der Waals surface area contributed by atoms with Crippen molar-refractivity contribution < 1.29 is 9.59 Å². The van der Waals surface area contributed by atoms with Crippen LogP contribution in [-0.2, 0) is 9.59 Å². The smallest absolute Gasteiger partial charge is 0.245 e. The van der Waals surface area contributed by atoms with Gasteiger partial charge in [0.05, 0.1) is 6.07 Å². The number of rotatable bonds is 6. The molecule has 5 heteroatoms. The van der Waals surface area contributed by atoms with Gasteiger partial charge in [0.25, 0.3) is 0 Å². The molecule has 0 spiro atoms. The molecule has 0 aromatic rings. The lowest BCUT2D eigenvalue weighted by Crippen LogP contribution is -2.51. The molecule has 1 saturated heterocycles. The number of hydrogen-bond acceptors (Lipinski definition) is 3. The summed E-state index contributed by atoms with van der Waals surface area (Å²) in [5.74, 6) is 0.462. The van der Waals surface area contributed by atoms with Gasteiger partial charge in [0, 0.05) is 13.1 Å². The molecule has 136 valence electrons. The maximum absolute atomic E-state index is 12.9. The standard InChI is InChI=1S/C20H29N3O2/c1-15(2)14-18(22-19(24)8-11-21)20(25)23-12-9-17(10-13-23)16-6-4-3-5-7-16/h4,6-7,15,17-18H,3,5,8-10,12-14H2,1-2H3,(H,22,24). The minimum Gasteiger partial charge on any atom is -0.343 e. The second-order valence-electron chi connectivity index (χ2n) is 7.37. The van der Waals surface area contributed by atoms with E-state index in [4.69, 9.17) is 5.26 Å². The van der Waals surface area contributed by atoms with Gasteiger partial charge < -0.3 is 10.2 Å². The van der Waals surface area contributed by atoms with Crippen LogP contribution in [0.5, 0.6) is 0 Å². The van der Waals surface area contributed by atoms with Crippen molar-refractivity contribution in [3.8, 4) is 6.07 Å². The van der Waals surface area contributed by atoms with Crippen molar-refractivity contribution in [3.05, 3.63) is 23.8 Å². The highest BCUT2D eigenvalue weighted by Gasteiger charge is 2.30. The molecule has 1 heterocycles. The molecular weight excluding hydrogens is 314 g/mol. The largest absolute Gasteiger partial charge is 0.343 e. The number of nitriles is 1. The summed E-state index contributed by atoms with van der Waals surface area (Å²) in [5, 5.41) is 11.4. The van der Waals surface area contributed by atoms with Crippen LogP contribution in [0, 0.1) is 23.2 Å². The molecule has 1 N–H and O–H groups in total. The Labute approximate surface area is 150 Å². The van der Waals surface area contributed by atoms with Gasteiger partial charge in [-0.2, -0.15) is 5.26 Å². The Balaban J connectivity index is 1.93. The molecule has 1 fully saturated rings. The van der Waals surface area contributed by atoms with E-state index >= 15 is 0 Å². The Kier molecular flexibility index (Phi) is 7.24. The zero-order chi connectivity index (χ0) is 18.2. The number of piperidine rings is 1. The maximum Gasteiger partial charge on any atom is 0.245 e. The van der Waals surface area contributed by atoms with Gasteiger partial charge in [0.15, 0.2) is 0 Å². The summed E-state index contributed by atoms with van der Waals surface area (Å²) in [7, 11) is 0. The lowest BCUT2D eigenvalue weighted by molar-refractivity contribution is -0.137. The summed E-state index contributed by atoms with van der Waals surface area (Å²) in [6, 6.07) is 1.32. The van der Waals surface area contributed by atoms with Gasteiger partial charge in [-0.15, -0.1) is 0 Å². The molecule has 0 bridgehead atoms. The third-order valence-corrected chi connectivity index (χ3v) is 4.88. The summed E-state index contributed by atoms with van der Waals surface area (Å²) in [4.78, 5) is 26.5. The Morgan fingerprint density at radius 2 is 2.04 bits per heavy atom. The predicted molar refractivity (Wildman–Crippen MR) is 97.4 cm³/mol. The summed E-state index contributed by atoms with van der Waals surface area (Å²) in [5.41, 5.74) is 1.42. The molecule has 1 aliphatic heterocycles. The molecule has 2 aliphatic rings. The van der Waals surface area contributed by atoms with Gasteiger partial charge in [0.1, 0.15) is 12.5 Å². The van der Waals surface area contributed by atoms with Gasteiger partial charge in [-0.05, 0) is 49.5 Å². The molecule has 1 unspecified atom stereocenters. The fraction of sp³-hybridized carbons (Fsp3) is 0.650. The second-order valence-corrected chi connectivity index (χ2v) is 7.37. The van der Waals surface area contributed by atoms with Crippen molar-refractivity contribution in [1.29, 1.82) is 5.26 Å². The topological polar surface area (TPSA) is 73.2 Å². The monoisotopic (exact) mass is 343 g/mol. The first-order valence-corrected chi connectivity index (χ1v) is 9.33. The van der Waals surface area contributed by atoms with Gasteiger partial charge >= 0.3 is 0 Å². The van der Waals surface area contributed by atoms with Gasteiger partial charge in [-0.1, -0.05) is 32.1 Å². The molecule has 0 saturated carbocycles. The Hall–Kier alpha value is -2.09. The van der Waals surface area contributed by atoms with Gasteiger partial charge in [-0.25, -0.2) is 0 Å². The highest BCUT2D eigenvalue weighted by atomic mass is 16.2. The van der Waals surface area contributed by atoms with Crippen LogP contribution in [0.1, 0.15) is 52.4 Å². The molecule has 0 aromatic carbocycles. The van der Waals surface area contributed by atoms with E-state index < -0.39 is 6.04 Å². The summed E-state index contributed by atoms with van der Waals surface area (Å²) in [6.45, 7) is 5.53. The second kappa shape index (κ2) is 9.41. The number of amides is 2. The van der Waals surface area contributed by atoms with Crippen LogP contribution >= 0.6 is 0 Å². The first-order chi connectivity index (χ1) is 12.0. The average molecular weight is 343 g/mol. The fourth-order valence-corrected chi connectivity index (χ4v) is 3.60. The first-order valence-electron chi connectivity index (χ1n) is 9.33. The quantitative estimate of drug-likeness (QED) is 0.806. The molecule has 2 rings (SSSR count). The number of carbonyl (C=O) groups excluding carboxylic acids is 2. The maximum atomic E-state index is 12.9. The minimum absolute atomic E-state index is 0.00777.